The zero-order valence-corrected chi connectivity index (χ0v) is 18.4. The van der Waals surface area contributed by atoms with E-state index in [1.54, 1.807) is 24.3 Å². The third-order valence-electron chi connectivity index (χ3n) is 5.38. The maximum atomic E-state index is 13.6. The van der Waals surface area contributed by atoms with Crippen LogP contribution in [0.1, 0.15) is 18.1 Å². The molecule has 1 aliphatic heterocycles. The second kappa shape index (κ2) is 9.02. The van der Waals surface area contributed by atoms with Crippen LogP contribution in [0.5, 0.6) is 11.5 Å². The fourth-order valence-corrected chi connectivity index (χ4v) is 5.32. The van der Waals surface area contributed by atoms with Gasteiger partial charge in [0, 0.05) is 12.2 Å². The fraction of sp³-hybridized carbons (Fsp3) is 0.208. The van der Waals surface area contributed by atoms with Gasteiger partial charge in [-0.2, -0.15) is 4.31 Å². The normalized spacial score (nSPS) is 16.2. The maximum Gasteiger partial charge on any atom is 0.244 e. The van der Waals surface area contributed by atoms with Crippen molar-refractivity contribution in [2.75, 3.05) is 11.9 Å². The van der Waals surface area contributed by atoms with Crippen LogP contribution in [0, 0.1) is 0 Å². The van der Waals surface area contributed by atoms with E-state index in [0.717, 1.165) is 11.1 Å². The number of aromatic hydroxyl groups is 1. The lowest BCUT2D eigenvalue weighted by atomic mass is 9.95. The number of hydrogen-bond donors (Lipinski definition) is 2. The molecule has 32 heavy (non-hydrogen) atoms. The van der Waals surface area contributed by atoms with Gasteiger partial charge in [-0.05, 0) is 73.0 Å². The largest absolute Gasteiger partial charge is 0.508 e. The Kier molecular flexibility index (Phi) is 6.16. The van der Waals surface area contributed by atoms with Crippen molar-refractivity contribution in [2.24, 2.45) is 0 Å². The number of nitrogens with one attached hydrogen (secondary N) is 1. The van der Waals surface area contributed by atoms with Gasteiger partial charge in [-0.3, -0.25) is 4.79 Å². The monoisotopic (exact) mass is 452 g/mol. The molecule has 0 saturated heterocycles. The van der Waals surface area contributed by atoms with E-state index >= 15 is 0 Å². The van der Waals surface area contributed by atoms with E-state index in [2.05, 4.69) is 5.32 Å². The highest BCUT2D eigenvalue weighted by Crippen LogP contribution is 2.30. The van der Waals surface area contributed by atoms with Crippen LogP contribution in [0.3, 0.4) is 0 Å². The van der Waals surface area contributed by atoms with Crippen molar-refractivity contribution in [3.05, 3.63) is 83.9 Å². The van der Waals surface area contributed by atoms with Crippen LogP contribution in [-0.2, 0) is 27.8 Å². The van der Waals surface area contributed by atoms with E-state index in [1.165, 1.54) is 28.6 Å². The lowest BCUT2D eigenvalue weighted by Gasteiger charge is -2.35. The highest BCUT2D eigenvalue weighted by molar-refractivity contribution is 7.89. The van der Waals surface area contributed by atoms with Crippen molar-refractivity contribution in [1.82, 2.24) is 4.31 Å². The molecule has 166 valence electrons. The molecular weight excluding hydrogens is 428 g/mol. The van der Waals surface area contributed by atoms with Gasteiger partial charge in [-0.25, -0.2) is 8.42 Å². The molecule has 1 unspecified atom stereocenters. The third kappa shape index (κ3) is 4.46. The van der Waals surface area contributed by atoms with Crippen molar-refractivity contribution in [2.45, 2.75) is 30.8 Å². The number of amides is 1. The summed E-state index contributed by atoms with van der Waals surface area (Å²) >= 11 is 0. The number of nitrogens with zero attached hydrogens (tertiary/aromatic N) is 1. The predicted octanol–water partition coefficient (Wildman–Crippen LogP) is 3.55. The molecular formula is C24H24N2O5S. The van der Waals surface area contributed by atoms with E-state index in [1.807, 2.05) is 31.2 Å². The first-order valence-corrected chi connectivity index (χ1v) is 11.7. The topological polar surface area (TPSA) is 95.9 Å². The molecule has 0 radical (unpaired) electrons. The van der Waals surface area contributed by atoms with Crippen molar-refractivity contribution in [3.8, 4) is 11.5 Å². The minimum atomic E-state index is -3.95. The van der Waals surface area contributed by atoms with Gasteiger partial charge < -0.3 is 15.2 Å². The van der Waals surface area contributed by atoms with Crippen LogP contribution in [0.4, 0.5) is 5.69 Å². The number of hydrogen-bond acceptors (Lipinski definition) is 5. The van der Waals surface area contributed by atoms with E-state index < -0.39 is 22.0 Å². The SMILES string of the molecule is CCOc1ccc(S(=O)(=O)N2Cc3ccccc3CC2C(=O)Nc2ccc(O)cc2)cc1. The molecule has 1 amide bonds. The van der Waals surface area contributed by atoms with Crippen molar-refractivity contribution in [1.29, 1.82) is 0 Å². The Bertz CT molecular complexity index is 1210. The molecule has 4 rings (SSSR count). The molecule has 0 bridgehead atoms. The van der Waals surface area contributed by atoms with Crippen molar-refractivity contribution in [3.63, 3.8) is 0 Å². The number of carbonyl (C=O) groups is 1. The van der Waals surface area contributed by atoms with Gasteiger partial charge in [0.2, 0.25) is 15.9 Å². The number of ether oxygens (including phenoxy) is 1. The van der Waals surface area contributed by atoms with Crippen molar-refractivity contribution >= 4 is 21.6 Å². The van der Waals surface area contributed by atoms with Gasteiger partial charge >= 0.3 is 0 Å². The third-order valence-corrected chi connectivity index (χ3v) is 7.25. The van der Waals surface area contributed by atoms with Crippen LogP contribution in [0.2, 0.25) is 0 Å². The number of rotatable bonds is 6. The van der Waals surface area contributed by atoms with E-state index in [-0.39, 0.29) is 23.6 Å². The highest BCUT2D eigenvalue weighted by atomic mass is 32.2. The summed E-state index contributed by atoms with van der Waals surface area (Å²) in [6, 6.07) is 18.9. The smallest absolute Gasteiger partial charge is 0.244 e. The molecule has 0 aliphatic carbocycles. The Hall–Kier alpha value is -3.36. The Morgan fingerprint density at radius 1 is 1.03 bits per heavy atom. The summed E-state index contributed by atoms with van der Waals surface area (Å²) in [7, 11) is -3.95. The zero-order valence-electron chi connectivity index (χ0n) is 17.6. The summed E-state index contributed by atoms with van der Waals surface area (Å²) in [6.07, 6.45) is 0.260. The van der Waals surface area contributed by atoms with Crippen LogP contribution in [0.25, 0.3) is 0 Å². The number of carbonyl (C=O) groups excluding carboxylic acids is 1. The molecule has 2 N–H and O–H groups in total. The quantitative estimate of drug-likeness (QED) is 0.558. The van der Waals surface area contributed by atoms with Crippen LogP contribution in [0.15, 0.2) is 77.7 Å². The molecule has 8 heteroatoms. The molecule has 3 aromatic carbocycles. The lowest BCUT2D eigenvalue weighted by molar-refractivity contribution is -0.120. The number of anilines is 1. The van der Waals surface area contributed by atoms with Gasteiger partial charge in [0.25, 0.3) is 0 Å². The van der Waals surface area contributed by atoms with Gasteiger partial charge in [0.05, 0.1) is 11.5 Å². The average Bonchev–Trinajstić information content (AvgIpc) is 2.80. The number of phenols is 1. The van der Waals surface area contributed by atoms with Crippen LogP contribution in [-0.4, -0.2) is 36.4 Å². The van der Waals surface area contributed by atoms with Crippen LogP contribution >= 0.6 is 0 Å². The summed E-state index contributed by atoms with van der Waals surface area (Å²) in [5, 5.41) is 12.2. The second-order valence-corrected chi connectivity index (χ2v) is 9.37. The number of phenolic OH excluding ortho intramolecular Hbond substituents is 1. The maximum absolute atomic E-state index is 13.6. The van der Waals surface area contributed by atoms with E-state index in [0.29, 0.717) is 18.0 Å². The Balaban J connectivity index is 1.67. The first-order chi connectivity index (χ1) is 15.4. The average molecular weight is 453 g/mol. The molecule has 3 aromatic rings. The first-order valence-electron chi connectivity index (χ1n) is 10.3. The van der Waals surface area contributed by atoms with Gasteiger partial charge in [-0.15, -0.1) is 0 Å². The standard InChI is InChI=1S/C24H24N2O5S/c1-2-31-21-11-13-22(14-12-21)32(29,30)26-16-18-6-4-3-5-17(18)15-23(26)24(28)25-19-7-9-20(27)10-8-19/h3-14,23,27H,2,15-16H2,1H3,(H,25,28). The second-order valence-electron chi connectivity index (χ2n) is 7.48. The van der Waals surface area contributed by atoms with Gasteiger partial charge in [0.1, 0.15) is 17.5 Å². The summed E-state index contributed by atoms with van der Waals surface area (Å²) in [4.78, 5) is 13.3. The molecule has 0 aromatic heterocycles. The minimum Gasteiger partial charge on any atom is -0.508 e. The number of fused-ring (bicyclic) bond motifs is 1. The summed E-state index contributed by atoms with van der Waals surface area (Å²) in [6.45, 7) is 2.43. The van der Waals surface area contributed by atoms with Crippen LogP contribution < -0.4 is 10.1 Å². The molecule has 1 heterocycles. The fourth-order valence-electron chi connectivity index (χ4n) is 3.76. The Morgan fingerprint density at radius 2 is 1.69 bits per heavy atom. The first kappa shape index (κ1) is 21.9. The summed E-state index contributed by atoms with van der Waals surface area (Å²) < 4.78 is 33.8. The summed E-state index contributed by atoms with van der Waals surface area (Å²) in [5.41, 5.74) is 2.29. The number of sulfonamides is 1. The number of benzene rings is 3. The Labute approximate surface area is 187 Å². The van der Waals surface area contributed by atoms with Crippen molar-refractivity contribution < 1.29 is 23.1 Å². The highest BCUT2D eigenvalue weighted by Gasteiger charge is 2.39. The molecule has 0 spiro atoms. The predicted molar refractivity (Wildman–Crippen MR) is 121 cm³/mol. The minimum absolute atomic E-state index is 0.0781. The molecule has 0 fully saturated rings. The van der Waals surface area contributed by atoms with E-state index in [4.69, 9.17) is 4.74 Å². The van der Waals surface area contributed by atoms with E-state index in [9.17, 15) is 18.3 Å². The van der Waals surface area contributed by atoms with Gasteiger partial charge in [-0.1, -0.05) is 24.3 Å². The molecule has 1 atom stereocenters. The lowest BCUT2D eigenvalue weighted by Crippen LogP contribution is -2.50. The molecule has 7 nitrogen and oxygen atoms in total. The summed E-state index contributed by atoms with van der Waals surface area (Å²) in [5.74, 6) is 0.228. The zero-order chi connectivity index (χ0) is 22.7. The molecule has 0 saturated carbocycles. The molecule has 1 aliphatic rings. The van der Waals surface area contributed by atoms with Gasteiger partial charge in [0.15, 0.2) is 0 Å². The Morgan fingerprint density at radius 3 is 2.34 bits per heavy atom.